The smallest absolute Gasteiger partial charge is 0.313 e. The molecule has 6 nitrogen and oxygen atoms in total. The SMILES string of the molecule is Cc1ccc(NC(=O)C(=O)NCC(c2ccc(N(C)C)cc2)N(C)C)cc1F. The van der Waals surface area contributed by atoms with Crippen LogP contribution in [0.3, 0.4) is 0 Å². The highest BCUT2D eigenvalue weighted by Gasteiger charge is 2.19. The molecule has 0 heterocycles. The molecule has 2 amide bonds. The third-order valence-electron chi connectivity index (χ3n) is 4.51. The van der Waals surface area contributed by atoms with Gasteiger partial charge in [0.15, 0.2) is 0 Å². The molecular formula is C21H27FN4O2. The first-order valence-corrected chi connectivity index (χ1v) is 8.98. The van der Waals surface area contributed by atoms with Crippen LogP contribution >= 0.6 is 0 Å². The molecule has 2 N–H and O–H groups in total. The summed E-state index contributed by atoms with van der Waals surface area (Å²) in [5.41, 5.74) is 2.81. The van der Waals surface area contributed by atoms with Crippen molar-refractivity contribution in [3.8, 4) is 0 Å². The molecule has 7 heteroatoms. The number of nitrogens with zero attached hydrogens (tertiary/aromatic N) is 2. The first kappa shape index (κ1) is 21.4. The highest BCUT2D eigenvalue weighted by Crippen LogP contribution is 2.21. The van der Waals surface area contributed by atoms with Crippen LogP contribution in [-0.4, -0.2) is 51.4 Å². The zero-order chi connectivity index (χ0) is 20.8. The predicted molar refractivity (Wildman–Crippen MR) is 110 cm³/mol. The Morgan fingerprint density at radius 1 is 1.00 bits per heavy atom. The van der Waals surface area contributed by atoms with Gasteiger partial charge >= 0.3 is 11.8 Å². The van der Waals surface area contributed by atoms with Gasteiger partial charge in [0.25, 0.3) is 0 Å². The number of carbonyl (C=O) groups is 2. The number of nitrogens with one attached hydrogen (secondary N) is 2. The van der Waals surface area contributed by atoms with Crippen molar-refractivity contribution >= 4 is 23.2 Å². The number of likely N-dealkylation sites (N-methyl/N-ethyl adjacent to an activating group) is 1. The molecular weight excluding hydrogens is 359 g/mol. The van der Waals surface area contributed by atoms with E-state index >= 15 is 0 Å². The summed E-state index contributed by atoms with van der Waals surface area (Å²) in [6.45, 7) is 1.89. The topological polar surface area (TPSA) is 64.7 Å². The lowest BCUT2D eigenvalue weighted by Gasteiger charge is -2.25. The predicted octanol–water partition coefficient (Wildman–Crippen LogP) is 2.56. The van der Waals surface area contributed by atoms with Gasteiger partial charge in [0.05, 0.1) is 6.04 Å². The van der Waals surface area contributed by atoms with Crippen LogP contribution in [0.4, 0.5) is 15.8 Å². The van der Waals surface area contributed by atoms with E-state index < -0.39 is 17.6 Å². The van der Waals surface area contributed by atoms with E-state index in [2.05, 4.69) is 10.6 Å². The van der Waals surface area contributed by atoms with Crippen LogP contribution < -0.4 is 15.5 Å². The Balaban J connectivity index is 1.99. The summed E-state index contributed by atoms with van der Waals surface area (Å²) >= 11 is 0. The van der Waals surface area contributed by atoms with Crippen molar-refractivity contribution in [3.05, 3.63) is 59.4 Å². The summed E-state index contributed by atoms with van der Waals surface area (Å²) < 4.78 is 13.6. The van der Waals surface area contributed by atoms with Crippen LogP contribution in [0, 0.1) is 12.7 Å². The number of halogens is 1. The van der Waals surface area contributed by atoms with Crippen LogP contribution in [0.1, 0.15) is 17.2 Å². The van der Waals surface area contributed by atoms with Crippen LogP contribution in [0.15, 0.2) is 42.5 Å². The monoisotopic (exact) mass is 386 g/mol. The molecule has 0 aromatic heterocycles. The summed E-state index contributed by atoms with van der Waals surface area (Å²) in [5, 5.41) is 5.06. The Labute approximate surface area is 165 Å². The molecule has 0 fully saturated rings. The molecule has 0 aliphatic rings. The maximum Gasteiger partial charge on any atom is 0.313 e. The van der Waals surface area contributed by atoms with E-state index in [1.807, 2.05) is 62.3 Å². The summed E-state index contributed by atoms with van der Waals surface area (Å²) in [6, 6.07) is 12.2. The van der Waals surface area contributed by atoms with Gasteiger partial charge < -0.3 is 20.4 Å². The van der Waals surface area contributed by atoms with Crippen molar-refractivity contribution in [3.63, 3.8) is 0 Å². The Hall–Kier alpha value is -2.93. The third-order valence-corrected chi connectivity index (χ3v) is 4.51. The maximum absolute atomic E-state index is 13.6. The molecule has 0 bridgehead atoms. The van der Waals surface area contributed by atoms with E-state index in [9.17, 15) is 14.0 Å². The van der Waals surface area contributed by atoms with Gasteiger partial charge in [-0.2, -0.15) is 0 Å². The zero-order valence-electron chi connectivity index (χ0n) is 16.9. The second kappa shape index (κ2) is 9.32. The van der Waals surface area contributed by atoms with Crippen molar-refractivity contribution in [1.82, 2.24) is 10.2 Å². The van der Waals surface area contributed by atoms with E-state index in [0.717, 1.165) is 11.3 Å². The van der Waals surface area contributed by atoms with E-state index in [-0.39, 0.29) is 18.3 Å². The minimum atomic E-state index is -0.830. The van der Waals surface area contributed by atoms with Crippen molar-refractivity contribution in [2.45, 2.75) is 13.0 Å². The highest BCUT2D eigenvalue weighted by atomic mass is 19.1. The number of rotatable bonds is 6. The molecule has 0 saturated carbocycles. The lowest BCUT2D eigenvalue weighted by molar-refractivity contribution is -0.136. The molecule has 150 valence electrons. The molecule has 2 rings (SSSR count). The highest BCUT2D eigenvalue weighted by molar-refractivity contribution is 6.39. The van der Waals surface area contributed by atoms with Gasteiger partial charge in [-0.15, -0.1) is 0 Å². The molecule has 0 saturated heterocycles. The quantitative estimate of drug-likeness (QED) is 0.749. The van der Waals surface area contributed by atoms with Crippen molar-refractivity contribution < 1.29 is 14.0 Å². The Kier molecular flexibility index (Phi) is 7.12. The minimum Gasteiger partial charge on any atom is -0.378 e. The van der Waals surface area contributed by atoms with Crippen LogP contribution in [0.25, 0.3) is 0 Å². The average molecular weight is 386 g/mol. The van der Waals surface area contributed by atoms with E-state index in [4.69, 9.17) is 0 Å². The molecule has 0 radical (unpaired) electrons. The molecule has 0 aliphatic carbocycles. The molecule has 1 atom stereocenters. The van der Waals surface area contributed by atoms with Gasteiger partial charge in [-0.05, 0) is 56.4 Å². The van der Waals surface area contributed by atoms with E-state index in [0.29, 0.717) is 5.56 Å². The first-order valence-electron chi connectivity index (χ1n) is 8.98. The lowest BCUT2D eigenvalue weighted by Crippen LogP contribution is -2.40. The summed E-state index contributed by atoms with van der Waals surface area (Å²) in [7, 11) is 7.76. The van der Waals surface area contributed by atoms with E-state index in [1.165, 1.54) is 6.07 Å². The lowest BCUT2D eigenvalue weighted by atomic mass is 10.1. The first-order chi connectivity index (χ1) is 13.2. The Morgan fingerprint density at radius 3 is 2.18 bits per heavy atom. The number of benzene rings is 2. The van der Waals surface area contributed by atoms with Crippen molar-refractivity contribution in [2.24, 2.45) is 0 Å². The number of carbonyl (C=O) groups excluding carboxylic acids is 2. The van der Waals surface area contributed by atoms with Gasteiger partial charge in [-0.3, -0.25) is 9.59 Å². The van der Waals surface area contributed by atoms with Crippen LogP contribution in [0.5, 0.6) is 0 Å². The standard InChI is InChI=1S/C21H27FN4O2/c1-14-6-9-16(12-18(14)22)24-21(28)20(27)23-13-19(26(4)5)15-7-10-17(11-8-15)25(2)3/h6-12,19H,13H2,1-5H3,(H,23,27)(H,24,28). The van der Waals surface area contributed by atoms with E-state index in [1.54, 1.807) is 19.1 Å². The largest absolute Gasteiger partial charge is 0.378 e. The maximum atomic E-state index is 13.6. The number of hydrogen-bond acceptors (Lipinski definition) is 4. The fraction of sp³-hybridized carbons (Fsp3) is 0.333. The molecule has 2 aromatic rings. The fourth-order valence-corrected chi connectivity index (χ4v) is 2.72. The second-order valence-electron chi connectivity index (χ2n) is 7.09. The molecule has 0 aliphatic heterocycles. The Bertz CT molecular complexity index is 835. The number of amides is 2. The second-order valence-corrected chi connectivity index (χ2v) is 7.09. The minimum absolute atomic E-state index is 0.0928. The van der Waals surface area contributed by atoms with Crippen molar-refractivity contribution in [2.75, 3.05) is 45.0 Å². The number of aryl methyl sites for hydroxylation is 1. The average Bonchev–Trinajstić information content (AvgIpc) is 2.64. The van der Waals surface area contributed by atoms with Crippen LogP contribution in [0.2, 0.25) is 0 Å². The van der Waals surface area contributed by atoms with Gasteiger partial charge in [0.2, 0.25) is 0 Å². The number of anilines is 2. The molecule has 0 spiro atoms. The van der Waals surface area contributed by atoms with Gasteiger partial charge in [0.1, 0.15) is 5.82 Å². The van der Waals surface area contributed by atoms with Gasteiger partial charge in [-0.25, -0.2) is 4.39 Å². The summed E-state index contributed by atoms with van der Waals surface area (Å²) in [6.07, 6.45) is 0. The number of hydrogen-bond donors (Lipinski definition) is 2. The van der Waals surface area contributed by atoms with Crippen molar-refractivity contribution in [1.29, 1.82) is 0 Å². The summed E-state index contributed by atoms with van der Waals surface area (Å²) in [5.74, 6) is -2.03. The zero-order valence-corrected chi connectivity index (χ0v) is 16.9. The van der Waals surface area contributed by atoms with Gasteiger partial charge in [0, 0.05) is 32.0 Å². The normalized spacial score (nSPS) is 11.8. The molecule has 2 aromatic carbocycles. The van der Waals surface area contributed by atoms with Gasteiger partial charge in [-0.1, -0.05) is 18.2 Å². The van der Waals surface area contributed by atoms with Crippen LogP contribution in [-0.2, 0) is 9.59 Å². The molecule has 28 heavy (non-hydrogen) atoms. The molecule has 1 unspecified atom stereocenters. The fourth-order valence-electron chi connectivity index (χ4n) is 2.72. The Morgan fingerprint density at radius 2 is 1.64 bits per heavy atom. The summed E-state index contributed by atoms with van der Waals surface area (Å²) in [4.78, 5) is 28.2. The third kappa shape index (κ3) is 5.53.